The molecule has 4 heteroatoms. The lowest BCUT2D eigenvalue weighted by atomic mass is 9.74. The molecule has 1 heterocycles. The summed E-state index contributed by atoms with van der Waals surface area (Å²) in [5.74, 6) is -0.302. The van der Waals surface area contributed by atoms with Crippen LogP contribution in [0, 0.1) is 11.2 Å². The lowest BCUT2D eigenvalue weighted by Crippen LogP contribution is -2.44. The van der Waals surface area contributed by atoms with Crippen LogP contribution in [0.2, 0.25) is 0 Å². The molecule has 0 saturated carbocycles. The predicted molar refractivity (Wildman–Crippen MR) is 66.7 cm³/mol. The van der Waals surface area contributed by atoms with Gasteiger partial charge in [0, 0.05) is 31.6 Å². The number of ether oxygens (including phenoxy) is 1. The molecule has 0 atom stereocenters. The van der Waals surface area contributed by atoms with E-state index >= 15 is 0 Å². The van der Waals surface area contributed by atoms with Gasteiger partial charge < -0.3 is 10.5 Å². The average Bonchev–Trinajstić information content (AvgIpc) is 2.42. The van der Waals surface area contributed by atoms with Gasteiger partial charge in [0.05, 0.1) is 0 Å². The third kappa shape index (κ3) is 2.60. The zero-order chi connectivity index (χ0) is 13.0. The van der Waals surface area contributed by atoms with Gasteiger partial charge in [0.25, 0.3) is 0 Å². The monoisotopic (exact) mass is 251 g/mol. The molecule has 3 nitrogen and oxygen atoms in total. The SMILES string of the molecule is NCC1(C(=O)Cc2ccccc2F)CCOCC1. The Balaban J connectivity index is 2.13. The van der Waals surface area contributed by atoms with Crippen LogP contribution in [0.5, 0.6) is 0 Å². The Labute approximate surface area is 106 Å². The van der Waals surface area contributed by atoms with Crippen molar-refractivity contribution in [3.63, 3.8) is 0 Å². The maximum absolute atomic E-state index is 13.5. The van der Waals surface area contributed by atoms with Crippen molar-refractivity contribution in [1.29, 1.82) is 0 Å². The molecule has 0 aromatic heterocycles. The molecule has 1 fully saturated rings. The molecule has 0 amide bonds. The van der Waals surface area contributed by atoms with Crippen LogP contribution in [0.25, 0.3) is 0 Å². The first kappa shape index (κ1) is 13.2. The standard InChI is InChI=1S/C14H18FNO2/c15-12-4-2-1-3-11(12)9-13(17)14(10-16)5-7-18-8-6-14/h1-4H,5-10,16H2. The Bertz CT molecular complexity index is 428. The van der Waals surface area contributed by atoms with Crippen molar-refractivity contribution in [1.82, 2.24) is 0 Å². The second-order valence-electron chi connectivity index (χ2n) is 4.79. The topological polar surface area (TPSA) is 52.3 Å². The number of nitrogens with two attached hydrogens (primary N) is 1. The fourth-order valence-corrected chi connectivity index (χ4v) is 2.36. The summed E-state index contributed by atoms with van der Waals surface area (Å²) in [6, 6.07) is 6.39. The molecule has 1 aromatic rings. The lowest BCUT2D eigenvalue weighted by molar-refractivity contribution is -0.132. The summed E-state index contributed by atoms with van der Waals surface area (Å²) >= 11 is 0. The number of halogens is 1. The Morgan fingerprint density at radius 3 is 2.61 bits per heavy atom. The Morgan fingerprint density at radius 2 is 2.00 bits per heavy atom. The summed E-state index contributed by atoms with van der Waals surface area (Å²) in [6.45, 7) is 1.42. The van der Waals surface area contributed by atoms with E-state index in [9.17, 15) is 9.18 Å². The molecular weight excluding hydrogens is 233 g/mol. The fourth-order valence-electron chi connectivity index (χ4n) is 2.36. The van der Waals surface area contributed by atoms with Crippen molar-refractivity contribution in [2.45, 2.75) is 19.3 Å². The van der Waals surface area contributed by atoms with Gasteiger partial charge >= 0.3 is 0 Å². The van der Waals surface area contributed by atoms with Gasteiger partial charge in [-0.2, -0.15) is 0 Å². The van der Waals surface area contributed by atoms with Crippen LogP contribution >= 0.6 is 0 Å². The van der Waals surface area contributed by atoms with E-state index in [0.717, 1.165) is 0 Å². The molecule has 0 bridgehead atoms. The van der Waals surface area contributed by atoms with Crippen LogP contribution < -0.4 is 5.73 Å². The van der Waals surface area contributed by atoms with E-state index in [2.05, 4.69) is 0 Å². The van der Waals surface area contributed by atoms with Gasteiger partial charge in [-0.05, 0) is 24.5 Å². The second kappa shape index (κ2) is 5.59. The van der Waals surface area contributed by atoms with Crippen LogP contribution in [0.1, 0.15) is 18.4 Å². The number of rotatable bonds is 4. The van der Waals surface area contributed by atoms with E-state index in [1.807, 2.05) is 0 Å². The highest BCUT2D eigenvalue weighted by Crippen LogP contribution is 2.31. The van der Waals surface area contributed by atoms with Gasteiger partial charge in [-0.1, -0.05) is 18.2 Å². The van der Waals surface area contributed by atoms with E-state index in [4.69, 9.17) is 10.5 Å². The van der Waals surface area contributed by atoms with E-state index < -0.39 is 5.41 Å². The first-order chi connectivity index (χ1) is 8.68. The zero-order valence-electron chi connectivity index (χ0n) is 10.3. The van der Waals surface area contributed by atoms with E-state index in [-0.39, 0.29) is 18.0 Å². The van der Waals surface area contributed by atoms with Gasteiger partial charge in [-0.3, -0.25) is 4.79 Å². The van der Waals surface area contributed by atoms with Gasteiger partial charge in [0.15, 0.2) is 0 Å². The molecule has 0 spiro atoms. The molecular formula is C14H18FNO2. The maximum Gasteiger partial charge on any atom is 0.144 e. The molecule has 0 aliphatic carbocycles. The predicted octanol–water partition coefficient (Wildman–Crippen LogP) is 1.69. The molecule has 0 unspecified atom stereocenters. The second-order valence-corrected chi connectivity index (χ2v) is 4.79. The van der Waals surface area contributed by atoms with E-state index in [1.54, 1.807) is 18.2 Å². The number of hydrogen-bond donors (Lipinski definition) is 1. The van der Waals surface area contributed by atoms with Gasteiger partial charge in [0.1, 0.15) is 11.6 Å². The molecule has 1 aliphatic rings. The summed E-state index contributed by atoms with van der Waals surface area (Å²) in [5.41, 5.74) is 5.68. The largest absolute Gasteiger partial charge is 0.381 e. The Morgan fingerprint density at radius 1 is 1.33 bits per heavy atom. The van der Waals surface area contributed by atoms with Gasteiger partial charge in [0.2, 0.25) is 0 Å². The maximum atomic E-state index is 13.5. The molecule has 0 radical (unpaired) electrons. The van der Waals surface area contributed by atoms with Crippen molar-refractivity contribution in [2.75, 3.05) is 19.8 Å². The van der Waals surface area contributed by atoms with Crippen LogP contribution in [0.15, 0.2) is 24.3 Å². The summed E-state index contributed by atoms with van der Waals surface area (Å²) in [7, 11) is 0. The summed E-state index contributed by atoms with van der Waals surface area (Å²) in [5, 5.41) is 0. The quantitative estimate of drug-likeness (QED) is 0.886. The van der Waals surface area contributed by atoms with Crippen LogP contribution in [0.4, 0.5) is 4.39 Å². The van der Waals surface area contributed by atoms with E-state index in [1.165, 1.54) is 6.07 Å². The lowest BCUT2D eigenvalue weighted by Gasteiger charge is -2.34. The highest BCUT2D eigenvalue weighted by atomic mass is 19.1. The molecule has 1 aliphatic heterocycles. The summed E-state index contributed by atoms with van der Waals surface area (Å²) in [4.78, 5) is 12.4. The van der Waals surface area contributed by atoms with Crippen molar-refractivity contribution in [3.8, 4) is 0 Å². The fraction of sp³-hybridized carbons (Fsp3) is 0.500. The molecule has 18 heavy (non-hydrogen) atoms. The molecule has 2 rings (SSSR count). The Hall–Kier alpha value is -1.26. The Kier molecular flexibility index (Phi) is 4.09. The first-order valence-electron chi connectivity index (χ1n) is 6.22. The van der Waals surface area contributed by atoms with Crippen molar-refractivity contribution < 1.29 is 13.9 Å². The number of ketones is 1. The highest BCUT2D eigenvalue weighted by Gasteiger charge is 2.38. The molecule has 1 aromatic carbocycles. The van der Waals surface area contributed by atoms with Crippen LogP contribution in [-0.4, -0.2) is 25.5 Å². The normalized spacial score (nSPS) is 18.6. The van der Waals surface area contributed by atoms with Gasteiger partial charge in [-0.25, -0.2) is 4.39 Å². The molecule has 1 saturated heterocycles. The third-order valence-electron chi connectivity index (χ3n) is 3.74. The molecule has 2 N–H and O–H groups in total. The number of Topliss-reactive ketones (excluding diaryl/α,β-unsaturated/α-hetero) is 1. The average molecular weight is 251 g/mol. The minimum Gasteiger partial charge on any atom is -0.381 e. The van der Waals surface area contributed by atoms with Crippen molar-refractivity contribution >= 4 is 5.78 Å². The smallest absolute Gasteiger partial charge is 0.144 e. The first-order valence-corrected chi connectivity index (χ1v) is 6.22. The zero-order valence-corrected chi connectivity index (χ0v) is 10.3. The number of carbonyl (C=O) groups excluding carboxylic acids is 1. The third-order valence-corrected chi connectivity index (χ3v) is 3.74. The summed E-state index contributed by atoms with van der Waals surface area (Å²) in [6.07, 6.45) is 1.39. The van der Waals surface area contributed by atoms with Gasteiger partial charge in [-0.15, -0.1) is 0 Å². The molecule has 98 valence electrons. The van der Waals surface area contributed by atoms with Crippen molar-refractivity contribution in [3.05, 3.63) is 35.6 Å². The number of benzene rings is 1. The van der Waals surface area contributed by atoms with Crippen molar-refractivity contribution in [2.24, 2.45) is 11.1 Å². The minimum atomic E-state index is -0.527. The minimum absolute atomic E-state index is 0.0263. The van der Waals surface area contributed by atoms with Crippen LogP contribution in [-0.2, 0) is 16.0 Å². The highest BCUT2D eigenvalue weighted by molar-refractivity contribution is 5.87. The number of carbonyl (C=O) groups is 1. The number of hydrogen-bond acceptors (Lipinski definition) is 3. The summed E-state index contributed by atoms with van der Waals surface area (Å²) < 4.78 is 18.8. The van der Waals surface area contributed by atoms with Crippen LogP contribution in [0.3, 0.4) is 0 Å². The van der Waals surface area contributed by atoms with E-state index in [0.29, 0.717) is 38.2 Å².